The van der Waals surface area contributed by atoms with Gasteiger partial charge in [0.15, 0.2) is 5.82 Å². The summed E-state index contributed by atoms with van der Waals surface area (Å²) >= 11 is 12.9. The van der Waals surface area contributed by atoms with E-state index < -0.39 is 0 Å². The standard InChI is InChI=1S/C16H12Cl2FN5OS/c17-10-5-11(18)7-13(6-10)21-14(25)8-26-16-23-22-15(24(16)20)9-1-3-12(19)4-2-9/h1-7H,8,20H2,(H,21,25). The van der Waals surface area contributed by atoms with E-state index in [2.05, 4.69) is 15.5 Å². The third-order valence-electron chi connectivity index (χ3n) is 3.25. The number of nitrogen functional groups attached to an aromatic ring is 1. The molecule has 2 aromatic carbocycles. The molecule has 3 N–H and O–H groups in total. The zero-order valence-corrected chi connectivity index (χ0v) is 15.4. The van der Waals surface area contributed by atoms with E-state index in [-0.39, 0.29) is 17.5 Å². The number of carbonyl (C=O) groups is 1. The third kappa shape index (κ3) is 4.46. The quantitative estimate of drug-likeness (QED) is 0.491. The van der Waals surface area contributed by atoms with Gasteiger partial charge in [-0.2, -0.15) is 0 Å². The molecule has 134 valence electrons. The number of carbonyl (C=O) groups excluding carboxylic acids is 1. The van der Waals surface area contributed by atoms with E-state index in [1.807, 2.05) is 0 Å². The maximum absolute atomic E-state index is 13.0. The lowest BCUT2D eigenvalue weighted by molar-refractivity contribution is -0.113. The van der Waals surface area contributed by atoms with Gasteiger partial charge in [-0.1, -0.05) is 35.0 Å². The number of thioether (sulfide) groups is 1. The highest BCUT2D eigenvalue weighted by Crippen LogP contribution is 2.24. The summed E-state index contributed by atoms with van der Waals surface area (Å²) < 4.78 is 14.3. The van der Waals surface area contributed by atoms with Crippen LogP contribution in [-0.2, 0) is 4.79 Å². The summed E-state index contributed by atoms with van der Waals surface area (Å²) in [6.07, 6.45) is 0. The van der Waals surface area contributed by atoms with Crippen LogP contribution < -0.4 is 11.2 Å². The van der Waals surface area contributed by atoms with E-state index in [0.29, 0.717) is 32.3 Å². The SMILES string of the molecule is Nn1c(SCC(=O)Nc2cc(Cl)cc(Cl)c2)nnc1-c1ccc(F)cc1. The van der Waals surface area contributed by atoms with Crippen molar-refractivity contribution in [2.75, 3.05) is 16.9 Å². The molecule has 1 aromatic heterocycles. The van der Waals surface area contributed by atoms with E-state index >= 15 is 0 Å². The summed E-state index contributed by atoms with van der Waals surface area (Å²) in [5, 5.41) is 11.8. The number of hydrogen-bond acceptors (Lipinski definition) is 5. The van der Waals surface area contributed by atoms with E-state index in [0.717, 1.165) is 11.8 Å². The smallest absolute Gasteiger partial charge is 0.234 e. The van der Waals surface area contributed by atoms with Gasteiger partial charge < -0.3 is 11.2 Å². The van der Waals surface area contributed by atoms with Gasteiger partial charge in [-0.25, -0.2) is 9.07 Å². The van der Waals surface area contributed by atoms with Crippen LogP contribution in [0.15, 0.2) is 47.6 Å². The van der Waals surface area contributed by atoms with Crippen LogP contribution in [0.2, 0.25) is 10.0 Å². The number of nitrogens with one attached hydrogen (secondary N) is 1. The van der Waals surface area contributed by atoms with Gasteiger partial charge in [-0.05, 0) is 42.5 Å². The molecule has 6 nitrogen and oxygen atoms in total. The zero-order valence-electron chi connectivity index (χ0n) is 13.1. The first-order chi connectivity index (χ1) is 12.4. The Morgan fingerprint density at radius 2 is 1.81 bits per heavy atom. The Balaban J connectivity index is 1.64. The normalized spacial score (nSPS) is 10.7. The van der Waals surface area contributed by atoms with Crippen molar-refractivity contribution < 1.29 is 9.18 Å². The molecule has 0 fully saturated rings. The first kappa shape index (κ1) is 18.5. The molecule has 0 unspecified atom stereocenters. The van der Waals surface area contributed by atoms with E-state index in [9.17, 15) is 9.18 Å². The molecule has 0 atom stereocenters. The van der Waals surface area contributed by atoms with Gasteiger partial charge >= 0.3 is 0 Å². The number of halogens is 3. The molecule has 3 aromatic rings. The third-order valence-corrected chi connectivity index (χ3v) is 4.63. The van der Waals surface area contributed by atoms with E-state index in [1.54, 1.807) is 30.3 Å². The lowest BCUT2D eigenvalue weighted by atomic mass is 10.2. The van der Waals surface area contributed by atoms with Gasteiger partial charge in [-0.3, -0.25) is 4.79 Å². The minimum atomic E-state index is -0.357. The lowest BCUT2D eigenvalue weighted by Gasteiger charge is -2.06. The summed E-state index contributed by atoms with van der Waals surface area (Å²) in [6.45, 7) is 0. The average molecular weight is 412 g/mol. The molecule has 0 aliphatic heterocycles. The Hall–Kier alpha value is -2.29. The van der Waals surface area contributed by atoms with Crippen molar-refractivity contribution in [3.63, 3.8) is 0 Å². The predicted molar refractivity (Wildman–Crippen MR) is 101 cm³/mol. The fraction of sp³-hybridized carbons (Fsp3) is 0.0625. The number of nitrogens with zero attached hydrogens (tertiary/aromatic N) is 3. The highest BCUT2D eigenvalue weighted by molar-refractivity contribution is 7.99. The van der Waals surface area contributed by atoms with Crippen LogP contribution in [0.3, 0.4) is 0 Å². The van der Waals surface area contributed by atoms with Crippen molar-refractivity contribution in [2.24, 2.45) is 0 Å². The highest BCUT2D eigenvalue weighted by atomic mass is 35.5. The summed E-state index contributed by atoms with van der Waals surface area (Å²) in [7, 11) is 0. The maximum atomic E-state index is 13.0. The number of nitrogens with two attached hydrogens (primary N) is 1. The molecule has 0 bridgehead atoms. The minimum Gasteiger partial charge on any atom is -0.335 e. The van der Waals surface area contributed by atoms with Gasteiger partial charge in [0, 0.05) is 21.3 Å². The van der Waals surface area contributed by atoms with Crippen LogP contribution in [0, 0.1) is 5.82 Å². The molecular weight excluding hydrogens is 400 g/mol. The second kappa shape index (κ2) is 7.94. The molecular formula is C16H12Cl2FN5OS. The van der Waals surface area contributed by atoms with Gasteiger partial charge in [0.2, 0.25) is 11.1 Å². The van der Waals surface area contributed by atoms with Crippen molar-refractivity contribution in [1.29, 1.82) is 0 Å². The van der Waals surface area contributed by atoms with Crippen LogP contribution in [0.4, 0.5) is 10.1 Å². The Bertz CT molecular complexity index is 928. The number of benzene rings is 2. The Labute approximate surface area is 162 Å². The van der Waals surface area contributed by atoms with Crippen molar-refractivity contribution in [3.8, 4) is 11.4 Å². The molecule has 0 radical (unpaired) electrons. The average Bonchev–Trinajstić information content (AvgIpc) is 2.93. The minimum absolute atomic E-state index is 0.0584. The van der Waals surface area contributed by atoms with Crippen LogP contribution >= 0.6 is 35.0 Å². The highest BCUT2D eigenvalue weighted by Gasteiger charge is 2.14. The summed E-state index contributed by atoms with van der Waals surface area (Å²) in [6, 6.07) is 10.5. The molecule has 0 saturated heterocycles. The number of amides is 1. The lowest BCUT2D eigenvalue weighted by Crippen LogP contribution is -2.16. The van der Waals surface area contributed by atoms with Crippen molar-refractivity contribution in [1.82, 2.24) is 14.9 Å². The van der Waals surface area contributed by atoms with Crippen molar-refractivity contribution in [3.05, 3.63) is 58.3 Å². The first-order valence-corrected chi connectivity index (χ1v) is 9.01. The Kier molecular flexibility index (Phi) is 5.65. The van der Waals surface area contributed by atoms with Crippen molar-refractivity contribution in [2.45, 2.75) is 5.16 Å². The van der Waals surface area contributed by atoms with E-state index in [1.165, 1.54) is 16.8 Å². The number of hydrogen-bond donors (Lipinski definition) is 2. The second-order valence-corrected chi connectivity index (χ2v) is 6.99. The molecule has 1 heterocycles. The van der Waals surface area contributed by atoms with Crippen LogP contribution in [-0.4, -0.2) is 26.5 Å². The van der Waals surface area contributed by atoms with Gasteiger partial charge in [0.1, 0.15) is 5.82 Å². The van der Waals surface area contributed by atoms with Gasteiger partial charge in [0.05, 0.1) is 5.75 Å². The van der Waals surface area contributed by atoms with E-state index in [4.69, 9.17) is 29.0 Å². The molecule has 0 spiro atoms. The van der Waals surface area contributed by atoms with Crippen molar-refractivity contribution >= 4 is 46.6 Å². The Morgan fingerprint density at radius 3 is 2.46 bits per heavy atom. The number of aromatic nitrogens is 3. The number of rotatable bonds is 5. The fourth-order valence-electron chi connectivity index (χ4n) is 2.12. The molecule has 0 aliphatic rings. The molecule has 0 aliphatic carbocycles. The molecule has 1 amide bonds. The van der Waals surface area contributed by atoms with Crippen LogP contribution in [0.5, 0.6) is 0 Å². The van der Waals surface area contributed by atoms with Gasteiger partial charge in [0.25, 0.3) is 0 Å². The largest absolute Gasteiger partial charge is 0.335 e. The molecule has 10 heteroatoms. The summed E-state index contributed by atoms with van der Waals surface area (Å²) in [4.78, 5) is 12.1. The molecule has 26 heavy (non-hydrogen) atoms. The first-order valence-electron chi connectivity index (χ1n) is 7.27. The van der Waals surface area contributed by atoms with Crippen LogP contribution in [0.1, 0.15) is 0 Å². The number of anilines is 1. The van der Waals surface area contributed by atoms with Gasteiger partial charge in [-0.15, -0.1) is 10.2 Å². The topological polar surface area (TPSA) is 85.8 Å². The molecule has 0 saturated carbocycles. The van der Waals surface area contributed by atoms with Crippen LogP contribution in [0.25, 0.3) is 11.4 Å². The Morgan fingerprint density at radius 1 is 1.15 bits per heavy atom. The second-order valence-electron chi connectivity index (χ2n) is 5.18. The summed E-state index contributed by atoms with van der Waals surface area (Å²) in [5.74, 6) is 5.76. The molecule has 3 rings (SSSR count). The monoisotopic (exact) mass is 411 g/mol. The fourth-order valence-corrected chi connectivity index (χ4v) is 3.31. The summed E-state index contributed by atoms with van der Waals surface area (Å²) in [5.41, 5.74) is 1.11. The predicted octanol–water partition coefficient (Wildman–Crippen LogP) is 3.84. The maximum Gasteiger partial charge on any atom is 0.234 e. The zero-order chi connectivity index (χ0) is 18.7.